The summed E-state index contributed by atoms with van der Waals surface area (Å²) < 4.78 is 43.4. The molecule has 50 heavy (non-hydrogen) atoms. The Labute approximate surface area is 307 Å². The van der Waals surface area contributed by atoms with Crippen LogP contribution in [0.3, 0.4) is 0 Å². The largest absolute Gasteiger partial charge is 0.378 e. The molecular formula is C43H61ClF3N3. The smallest absolute Gasteiger partial charge is 0.270 e. The molecule has 0 bridgehead atoms. The quantitative estimate of drug-likeness (QED) is 0.147. The molecule has 1 heterocycles. The first-order chi connectivity index (χ1) is 23.5. The molecule has 0 amide bonds. The molecule has 2 aromatic carbocycles. The maximum absolute atomic E-state index is 14.7. The highest BCUT2D eigenvalue weighted by molar-refractivity contribution is 6.33. The van der Waals surface area contributed by atoms with Gasteiger partial charge in [-0.25, -0.2) is 13.2 Å². The van der Waals surface area contributed by atoms with E-state index in [0.29, 0.717) is 53.6 Å². The predicted octanol–water partition coefficient (Wildman–Crippen LogP) is 12.3. The molecule has 276 valence electrons. The van der Waals surface area contributed by atoms with E-state index in [2.05, 4.69) is 51.6 Å². The van der Waals surface area contributed by atoms with Crippen LogP contribution >= 0.6 is 11.6 Å². The summed E-state index contributed by atoms with van der Waals surface area (Å²) in [6, 6.07) is 10.6. The van der Waals surface area contributed by atoms with Gasteiger partial charge in [-0.1, -0.05) is 96.7 Å². The van der Waals surface area contributed by atoms with Gasteiger partial charge in [0.15, 0.2) is 0 Å². The van der Waals surface area contributed by atoms with Crippen molar-refractivity contribution < 1.29 is 13.2 Å². The van der Waals surface area contributed by atoms with E-state index in [1.807, 2.05) is 82.1 Å². The zero-order valence-corrected chi connectivity index (χ0v) is 33.2. The van der Waals surface area contributed by atoms with E-state index in [0.717, 1.165) is 41.3 Å². The van der Waals surface area contributed by atoms with Crippen molar-refractivity contribution in [1.82, 2.24) is 15.1 Å². The van der Waals surface area contributed by atoms with Crippen LogP contribution in [0, 0.1) is 18.7 Å². The Balaban J connectivity index is 0.00000301. The summed E-state index contributed by atoms with van der Waals surface area (Å²) >= 11 is 6.66. The van der Waals surface area contributed by atoms with E-state index in [1.165, 1.54) is 12.1 Å². The van der Waals surface area contributed by atoms with E-state index >= 15 is 0 Å². The first-order valence-corrected chi connectivity index (χ1v) is 18.2. The van der Waals surface area contributed by atoms with Crippen molar-refractivity contribution in [3.8, 4) is 11.1 Å². The number of rotatable bonds is 15. The van der Waals surface area contributed by atoms with Gasteiger partial charge >= 0.3 is 0 Å². The Kier molecular flexibility index (Phi) is 18.8. The van der Waals surface area contributed by atoms with Gasteiger partial charge in [0, 0.05) is 47.6 Å². The first-order valence-electron chi connectivity index (χ1n) is 17.8. The van der Waals surface area contributed by atoms with Gasteiger partial charge in [0.25, 0.3) is 5.92 Å². The summed E-state index contributed by atoms with van der Waals surface area (Å²) in [5.41, 5.74) is 9.34. The van der Waals surface area contributed by atoms with Gasteiger partial charge in [-0.15, -0.1) is 5.73 Å². The lowest BCUT2D eigenvalue weighted by Gasteiger charge is -2.38. The van der Waals surface area contributed by atoms with Crippen molar-refractivity contribution in [2.75, 3.05) is 20.6 Å². The maximum atomic E-state index is 14.7. The van der Waals surface area contributed by atoms with E-state index in [9.17, 15) is 13.2 Å². The number of nitrogens with zero attached hydrogens (tertiary/aromatic N) is 2. The van der Waals surface area contributed by atoms with Gasteiger partial charge in [0.1, 0.15) is 5.82 Å². The van der Waals surface area contributed by atoms with Gasteiger partial charge in [0.2, 0.25) is 0 Å². The Bertz CT molecular complexity index is 1540. The molecule has 2 aromatic rings. The fraction of sp³-hybridized carbons (Fsp3) is 0.465. The van der Waals surface area contributed by atoms with Crippen molar-refractivity contribution in [2.45, 2.75) is 106 Å². The zero-order chi connectivity index (χ0) is 38.3. The molecule has 0 saturated heterocycles. The minimum atomic E-state index is -2.98. The summed E-state index contributed by atoms with van der Waals surface area (Å²) in [5, 5.41) is 4.22. The fourth-order valence-corrected chi connectivity index (χ4v) is 6.21. The van der Waals surface area contributed by atoms with E-state index in [4.69, 9.17) is 11.6 Å². The van der Waals surface area contributed by atoms with Gasteiger partial charge in [-0.2, -0.15) is 0 Å². The second-order valence-corrected chi connectivity index (χ2v) is 13.6. The van der Waals surface area contributed by atoms with Crippen molar-refractivity contribution in [1.29, 1.82) is 0 Å². The predicted molar refractivity (Wildman–Crippen MR) is 211 cm³/mol. The van der Waals surface area contributed by atoms with Crippen molar-refractivity contribution in [2.24, 2.45) is 5.92 Å². The Morgan fingerprint density at radius 1 is 1.08 bits per heavy atom. The Morgan fingerprint density at radius 2 is 1.72 bits per heavy atom. The third-order valence-electron chi connectivity index (χ3n) is 8.12. The normalized spacial score (nSPS) is 14.0. The lowest BCUT2D eigenvalue weighted by atomic mass is 9.91. The molecule has 1 N–H and O–H groups in total. The highest BCUT2D eigenvalue weighted by atomic mass is 35.5. The third kappa shape index (κ3) is 13.0. The highest BCUT2D eigenvalue weighted by Crippen LogP contribution is 2.38. The van der Waals surface area contributed by atoms with Gasteiger partial charge < -0.3 is 15.1 Å². The summed E-state index contributed by atoms with van der Waals surface area (Å²) in [6.45, 7) is 30.2. The minimum Gasteiger partial charge on any atom is -0.378 e. The van der Waals surface area contributed by atoms with E-state index in [-0.39, 0.29) is 23.5 Å². The molecule has 0 fully saturated rings. The van der Waals surface area contributed by atoms with Gasteiger partial charge in [0.05, 0.1) is 11.7 Å². The van der Waals surface area contributed by atoms with Crippen LogP contribution in [-0.2, 0) is 6.42 Å². The van der Waals surface area contributed by atoms with Crippen molar-refractivity contribution in [3.63, 3.8) is 0 Å². The second kappa shape index (κ2) is 21.0. The number of benzene rings is 2. The molecular weight excluding hydrogens is 651 g/mol. The second-order valence-electron chi connectivity index (χ2n) is 13.2. The maximum Gasteiger partial charge on any atom is 0.270 e. The van der Waals surface area contributed by atoms with Crippen LogP contribution in [-0.4, -0.2) is 48.4 Å². The Morgan fingerprint density at radius 3 is 2.26 bits per heavy atom. The average Bonchev–Trinajstić information content (AvgIpc) is 3.04. The number of nitrogens with one attached hydrogen (secondary N) is 1. The van der Waals surface area contributed by atoms with Crippen LogP contribution in [0.25, 0.3) is 11.1 Å². The molecule has 0 aliphatic carbocycles. The lowest BCUT2D eigenvalue weighted by Crippen LogP contribution is -2.41. The summed E-state index contributed by atoms with van der Waals surface area (Å²) in [5.74, 6) is -2.93. The molecule has 0 aromatic heterocycles. The van der Waals surface area contributed by atoms with Crippen LogP contribution in [0.1, 0.15) is 85.8 Å². The average molecular weight is 712 g/mol. The van der Waals surface area contributed by atoms with Crippen molar-refractivity contribution >= 4 is 11.6 Å². The van der Waals surface area contributed by atoms with Crippen LogP contribution < -0.4 is 5.32 Å². The summed E-state index contributed by atoms with van der Waals surface area (Å²) in [7, 11) is 3.87. The standard InChI is InChI=1S/C39H49ClF3N3.2C2H6/c1-11-36(37(19-25(2)3)46-24-32(17-18-45(9)10)33(23-29(46)7)39(8,42)43)44-28(6)20-26(4)21-30-13-12-14-34(40)38(30)31-15-16-35(41)27(5)22-31;2*1-2/h12-16,22-25,28,37,44H,1,4,7,17-21H2,2-3,5-6,8-10H3;2*1-2H3. The number of allylic oxidation sites excluding steroid dienone is 2. The third-order valence-corrected chi connectivity index (χ3v) is 8.44. The van der Waals surface area contributed by atoms with Crippen molar-refractivity contribution in [3.05, 3.63) is 124 Å². The zero-order valence-electron chi connectivity index (χ0n) is 32.4. The van der Waals surface area contributed by atoms with Crippen LogP contribution in [0.2, 0.25) is 5.02 Å². The van der Waals surface area contributed by atoms with E-state index < -0.39 is 5.92 Å². The molecule has 0 radical (unpaired) electrons. The summed E-state index contributed by atoms with van der Waals surface area (Å²) in [6.07, 6.45) is 5.84. The topological polar surface area (TPSA) is 18.5 Å². The fourth-order valence-electron chi connectivity index (χ4n) is 5.91. The van der Waals surface area contributed by atoms with Crippen LogP contribution in [0.15, 0.2) is 102 Å². The van der Waals surface area contributed by atoms with Gasteiger partial charge in [-0.3, -0.25) is 0 Å². The van der Waals surface area contributed by atoms with E-state index in [1.54, 1.807) is 13.0 Å². The molecule has 2 atom stereocenters. The molecule has 3 nitrogen and oxygen atoms in total. The first kappa shape index (κ1) is 44.6. The van der Waals surface area contributed by atoms with Crippen LogP contribution in [0.4, 0.5) is 13.2 Å². The van der Waals surface area contributed by atoms with Crippen LogP contribution in [0.5, 0.6) is 0 Å². The molecule has 1 aliphatic rings. The monoisotopic (exact) mass is 711 g/mol. The molecule has 0 saturated carbocycles. The number of halogens is 4. The number of aryl methyl sites for hydroxylation is 1. The molecule has 3 rings (SSSR count). The molecule has 7 heteroatoms. The molecule has 1 aliphatic heterocycles. The van der Waals surface area contributed by atoms with Gasteiger partial charge in [-0.05, 0) is 106 Å². The summed E-state index contributed by atoms with van der Waals surface area (Å²) in [4.78, 5) is 3.98. The highest BCUT2D eigenvalue weighted by Gasteiger charge is 2.35. The minimum absolute atomic E-state index is 0.0110. The lowest BCUT2D eigenvalue weighted by molar-refractivity contribution is 0.0641. The number of hydrogen-bond acceptors (Lipinski definition) is 3. The molecule has 0 spiro atoms. The number of hydrogen-bond donors (Lipinski definition) is 1. The molecule has 2 unspecified atom stereocenters. The Hall–Kier alpha value is -3.44. The number of alkyl halides is 2. The SMILES string of the molecule is C=C=C(NC(C)CC(=C)Cc1cccc(Cl)c1-c1ccc(F)c(C)c1)C(CC(C)C)N1C=C(CCN(C)C)C(C(C)(F)F)=CC1=C.CC.CC.